The van der Waals surface area contributed by atoms with Crippen LogP contribution in [0.2, 0.25) is 0 Å². The van der Waals surface area contributed by atoms with Crippen molar-refractivity contribution < 1.29 is 19.1 Å². The third kappa shape index (κ3) is 6.84. The Hall–Kier alpha value is -1.79. The molecular weight excluding hydrogens is 334 g/mol. The van der Waals surface area contributed by atoms with Gasteiger partial charge in [-0.15, -0.1) is 0 Å². The molecular formula is C19H35N3O4. The molecule has 2 atom stereocenters. The molecule has 7 heteroatoms. The van der Waals surface area contributed by atoms with E-state index >= 15 is 0 Å². The summed E-state index contributed by atoms with van der Waals surface area (Å²) < 4.78 is 5.27. The summed E-state index contributed by atoms with van der Waals surface area (Å²) >= 11 is 0. The summed E-state index contributed by atoms with van der Waals surface area (Å²) in [6, 6.07) is -1.19. The highest BCUT2D eigenvalue weighted by atomic mass is 16.6. The Balaban J connectivity index is 2.80. The third-order valence-corrected chi connectivity index (χ3v) is 4.13. The first kappa shape index (κ1) is 22.3. The number of carbonyl (C=O) groups excluding carboxylic acids is 3. The van der Waals surface area contributed by atoms with E-state index in [2.05, 4.69) is 10.6 Å². The first-order chi connectivity index (χ1) is 11.9. The Morgan fingerprint density at radius 3 is 2.27 bits per heavy atom. The number of alkyl carbamates (subject to hydrolysis) is 1. The lowest BCUT2D eigenvalue weighted by molar-refractivity contribution is -0.140. The van der Waals surface area contributed by atoms with E-state index in [1.165, 1.54) is 0 Å². The first-order valence-corrected chi connectivity index (χ1v) is 9.50. The van der Waals surface area contributed by atoms with Crippen molar-refractivity contribution in [2.24, 2.45) is 11.8 Å². The normalized spacial score (nSPS) is 18.8. The number of hydrogen-bond acceptors (Lipinski definition) is 4. The zero-order valence-corrected chi connectivity index (χ0v) is 17.2. The lowest BCUT2D eigenvalue weighted by atomic mass is 10.0. The lowest BCUT2D eigenvalue weighted by Crippen LogP contribution is -2.55. The highest BCUT2D eigenvalue weighted by molar-refractivity contribution is 5.92. The second-order valence-corrected chi connectivity index (χ2v) is 8.70. The molecule has 1 heterocycles. The van der Waals surface area contributed by atoms with Crippen LogP contribution < -0.4 is 10.6 Å². The number of amides is 3. The summed E-state index contributed by atoms with van der Waals surface area (Å²) in [6.45, 7) is 14.2. The Kier molecular flexibility index (Phi) is 7.90. The fourth-order valence-electron chi connectivity index (χ4n) is 2.85. The van der Waals surface area contributed by atoms with Gasteiger partial charge in [-0.1, -0.05) is 27.7 Å². The largest absolute Gasteiger partial charge is 0.444 e. The van der Waals surface area contributed by atoms with Crippen molar-refractivity contribution >= 4 is 17.9 Å². The molecule has 0 aromatic carbocycles. The van der Waals surface area contributed by atoms with Gasteiger partial charge in [0.1, 0.15) is 17.7 Å². The molecule has 1 saturated heterocycles. The van der Waals surface area contributed by atoms with Gasteiger partial charge in [0.25, 0.3) is 0 Å². The number of nitrogens with zero attached hydrogens (tertiary/aromatic N) is 1. The zero-order chi connectivity index (χ0) is 20.1. The van der Waals surface area contributed by atoms with Gasteiger partial charge in [0.05, 0.1) is 0 Å². The van der Waals surface area contributed by atoms with Gasteiger partial charge in [0.2, 0.25) is 11.8 Å². The molecule has 1 aliphatic heterocycles. The van der Waals surface area contributed by atoms with Crippen LogP contribution in [0.5, 0.6) is 0 Å². The van der Waals surface area contributed by atoms with Crippen molar-refractivity contribution in [3.05, 3.63) is 0 Å². The molecule has 2 N–H and O–H groups in total. The summed E-state index contributed by atoms with van der Waals surface area (Å²) in [4.78, 5) is 39.2. The minimum atomic E-state index is -0.719. The summed E-state index contributed by atoms with van der Waals surface area (Å²) in [5.41, 5.74) is -0.637. The van der Waals surface area contributed by atoms with Gasteiger partial charge in [-0.25, -0.2) is 4.79 Å². The van der Waals surface area contributed by atoms with Gasteiger partial charge in [0.15, 0.2) is 0 Å². The predicted octanol–water partition coefficient (Wildman–Crippen LogP) is 2.30. The lowest BCUT2D eigenvalue weighted by Gasteiger charge is -2.31. The molecule has 1 fully saturated rings. The van der Waals surface area contributed by atoms with Crippen LogP contribution in [0.1, 0.15) is 61.3 Å². The van der Waals surface area contributed by atoms with Crippen molar-refractivity contribution in [3.63, 3.8) is 0 Å². The van der Waals surface area contributed by atoms with Crippen LogP contribution in [0.3, 0.4) is 0 Å². The maximum absolute atomic E-state index is 13.0. The Bertz CT molecular complexity index is 511. The van der Waals surface area contributed by atoms with Crippen LogP contribution in [-0.4, -0.2) is 53.6 Å². The Morgan fingerprint density at radius 1 is 1.15 bits per heavy atom. The molecule has 3 amide bonds. The van der Waals surface area contributed by atoms with Crippen molar-refractivity contribution in [1.29, 1.82) is 0 Å². The number of hydrogen-bond donors (Lipinski definition) is 2. The van der Waals surface area contributed by atoms with Gasteiger partial charge in [0, 0.05) is 13.1 Å². The molecule has 0 aliphatic carbocycles. The van der Waals surface area contributed by atoms with E-state index < -0.39 is 23.8 Å². The molecule has 150 valence electrons. The van der Waals surface area contributed by atoms with Crippen LogP contribution in [0.4, 0.5) is 4.79 Å². The van der Waals surface area contributed by atoms with Gasteiger partial charge in [-0.3, -0.25) is 9.59 Å². The highest BCUT2D eigenvalue weighted by Gasteiger charge is 2.39. The number of likely N-dealkylation sites (tertiary alicyclic amines) is 1. The topological polar surface area (TPSA) is 87.7 Å². The average Bonchev–Trinajstić information content (AvgIpc) is 2.97. The standard InChI is InChI=1S/C19H35N3O4/c1-12(2)11-20-16(23)14-9-8-10-22(14)17(24)15(13(3)4)21-18(25)26-19(5,6)7/h12-15H,8-11H2,1-7H3,(H,20,23)(H,21,25)/t14-,15-/m0/s1. The molecule has 0 radical (unpaired) electrons. The quantitative estimate of drug-likeness (QED) is 0.752. The number of rotatable bonds is 6. The van der Waals surface area contributed by atoms with Crippen LogP contribution in [-0.2, 0) is 14.3 Å². The second kappa shape index (κ2) is 9.24. The molecule has 0 saturated carbocycles. The summed E-state index contributed by atoms with van der Waals surface area (Å²) in [5, 5.41) is 5.58. The molecule has 0 aromatic heterocycles. The van der Waals surface area contributed by atoms with E-state index in [1.54, 1.807) is 25.7 Å². The van der Waals surface area contributed by atoms with Crippen LogP contribution >= 0.6 is 0 Å². The monoisotopic (exact) mass is 369 g/mol. The molecule has 0 aromatic rings. The van der Waals surface area contributed by atoms with Gasteiger partial charge in [-0.05, 0) is 45.4 Å². The maximum Gasteiger partial charge on any atom is 0.408 e. The highest BCUT2D eigenvalue weighted by Crippen LogP contribution is 2.21. The van der Waals surface area contributed by atoms with E-state index in [0.717, 1.165) is 6.42 Å². The van der Waals surface area contributed by atoms with Crippen LogP contribution in [0, 0.1) is 11.8 Å². The van der Waals surface area contributed by atoms with Gasteiger partial charge < -0.3 is 20.3 Å². The van der Waals surface area contributed by atoms with Crippen molar-refractivity contribution in [2.75, 3.05) is 13.1 Å². The Morgan fingerprint density at radius 2 is 1.77 bits per heavy atom. The molecule has 0 unspecified atom stereocenters. The maximum atomic E-state index is 13.0. The molecule has 0 spiro atoms. The minimum absolute atomic E-state index is 0.116. The average molecular weight is 370 g/mol. The number of ether oxygens (including phenoxy) is 1. The number of nitrogens with one attached hydrogen (secondary N) is 2. The summed E-state index contributed by atoms with van der Waals surface area (Å²) in [5.74, 6) is -0.117. The van der Waals surface area contributed by atoms with Crippen LogP contribution in [0.25, 0.3) is 0 Å². The predicted molar refractivity (Wildman–Crippen MR) is 101 cm³/mol. The summed E-state index contributed by atoms with van der Waals surface area (Å²) in [6.07, 6.45) is 0.805. The van der Waals surface area contributed by atoms with E-state index in [9.17, 15) is 14.4 Å². The molecule has 1 aliphatic rings. The SMILES string of the molecule is CC(C)CNC(=O)[C@@H]1CCCN1C(=O)[C@@H](NC(=O)OC(C)(C)C)C(C)C. The van der Waals surface area contributed by atoms with E-state index in [0.29, 0.717) is 25.4 Å². The van der Waals surface area contributed by atoms with Crippen molar-refractivity contribution in [2.45, 2.75) is 79.0 Å². The molecule has 1 rings (SSSR count). The molecule has 0 bridgehead atoms. The molecule has 7 nitrogen and oxygen atoms in total. The third-order valence-electron chi connectivity index (χ3n) is 4.13. The van der Waals surface area contributed by atoms with Crippen molar-refractivity contribution in [3.8, 4) is 0 Å². The zero-order valence-electron chi connectivity index (χ0n) is 17.2. The fraction of sp³-hybridized carbons (Fsp3) is 0.842. The van der Waals surface area contributed by atoms with Crippen molar-refractivity contribution in [1.82, 2.24) is 15.5 Å². The van der Waals surface area contributed by atoms with Gasteiger partial charge >= 0.3 is 6.09 Å². The summed E-state index contributed by atoms with van der Waals surface area (Å²) in [7, 11) is 0. The smallest absolute Gasteiger partial charge is 0.408 e. The van der Waals surface area contributed by atoms with Gasteiger partial charge in [-0.2, -0.15) is 0 Å². The molecule has 26 heavy (non-hydrogen) atoms. The number of carbonyl (C=O) groups is 3. The van der Waals surface area contributed by atoms with E-state index in [-0.39, 0.29) is 17.7 Å². The van der Waals surface area contributed by atoms with Crippen LogP contribution in [0.15, 0.2) is 0 Å². The van der Waals surface area contributed by atoms with E-state index in [4.69, 9.17) is 4.74 Å². The van der Waals surface area contributed by atoms with E-state index in [1.807, 2.05) is 27.7 Å². The minimum Gasteiger partial charge on any atom is -0.444 e. The fourth-order valence-corrected chi connectivity index (χ4v) is 2.85. The first-order valence-electron chi connectivity index (χ1n) is 9.50. The second-order valence-electron chi connectivity index (χ2n) is 8.70. The Labute approximate surface area is 157 Å².